The van der Waals surface area contributed by atoms with E-state index in [1.54, 1.807) is 17.0 Å². The first-order valence-electron chi connectivity index (χ1n) is 12.0. The Bertz CT molecular complexity index is 1570. The van der Waals surface area contributed by atoms with Gasteiger partial charge in [-0.15, -0.1) is 0 Å². The molecule has 7 rings (SSSR count). The smallest absolute Gasteiger partial charge is 0.258 e. The fraction of sp³-hybridized carbons (Fsp3) is 0.423. The Labute approximate surface area is 199 Å². The minimum atomic E-state index is -2.56. The number of anilines is 1. The number of rotatable bonds is 3. The molecule has 3 fully saturated rings. The second-order valence-electron chi connectivity index (χ2n) is 10.8. The van der Waals surface area contributed by atoms with Gasteiger partial charge in [0, 0.05) is 53.3 Å². The lowest BCUT2D eigenvalue weighted by molar-refractivity contribution is -0.0335. The van der Waals surface area contributed by atoms with Crippen LogP contribution in [0.1, 0.15) is 50.4 Å². The number of pyridine rings is 1. The number of hydrogen-bond acceptors (Lipinski definition) is 5. The molecule has 7 nitrogen and oxygen atoms in total. The molecule has 1 unspecified atom stereocenters. The van der Waals surface area contributed by atoms with Crippen molar-refractivity contribution < 1.29 is 13.9 Å². The molecule has 9 heteroatoms. The Hall–Kier alpha value is -3.33. The Kier molecular flexibility index (Phi) is 3.99. The third-order valence-electron chi connectivity index (χ3n) is 8.36. The monoisotopic (exact) mass is 477 g/mol. The fourth-order valence-corrected chi connectivity index (χ4v) is 6.46. The maximum atomic E-state index is 13.7. The number of benzene rings is 1. The summed E-state index contributed by atoms with van der Waals surface area (Å²) in [5, 5.41) is 11.6. The zero-order chi connectivity index (χ0) is 24.3. The van der Waals surface area contributed by atoms with Gasteiger partial charge in [-0.25, -0.2) is 18.7 Å². The highest BCUT2D eigenvalue weighted by atomic mass is 19.3. The highest BCUT2D eigenvalue weighted by Crippen LogP contribution is 2.66. The lowest BCUT2D eigenvalue weighted by Gasteiger charge is -2.40. The summed E-state index contributed by atoms with van der Waals surface area (Å²) in [6, 6.07) is 7.27. The number of fused-ring (bicyclic) bond motifs is 3. The van der Waals surface area contributed by atoms with Crippen molar-refractivity contribution in [2.45, 2.75) is 56.1 Å². The highest BCUT2D eigenvalue weighted by Gasteiger charge is 2.71. The minimum absolute atomic E-state index is 0.0951. The maximum absolute atomic E-state index is 13.7. The van der Waals surface area contributed by atoms with Crippen molar-refractivity contribution in [3.05, 3.63) is 59.0 Å². The van der Waals surface area contributed by atoms with Crippen LogP contribution < -0.4 is 11.3 Å². The number of alkyl halides is 2. The summed E-state index contributed by atoms with van der Waals surface area (Å²) < 4.78 is 30.9. The lowest BCUT2D eigenvalue weighted by Crippen LogP contribution is -2.40. The van der Waals surface area contributed by atoms with Crippen LogP contribution in [0.4, 0.5) is 14.6 Å². The molecule has 0 spiro atoms. The molecular formula is C26H25F2N5O2. The summed E-state index contributed by atoms with van der Waals surface area (Å²) in [6.07, 6.45) is 7.07. The molecule has 3 saturated carbocycles. The normalized spacial score (nSPS) is 31.0. The molecule has 3 N–H and O–H groups in total. The molecule has 3 aliphatic carbocycles. The van der Waals surface area contributed by atoms with Crippen LogP contribution in [0.2, 0.25) is 0 Å². The molecule has 3 aromatic heterocycles. The molecule has 4 aromatic rings. The molecule has 180 valence electrons. The van der Waals surface area contributed by atoms with Crippen molar-refractivity contribution in [3.63, 3.8) is 0 Å². The van der Waals surface area contributed by atoms with Crippen molar-refractivity contribution in [1.82, 2.24) is 18.9 Å². The van der Waals surface area contributed by atoms with Crippen molar-refractivity contribution in [2.24, 2.45) is 11.8 Å². The van der Waals surface area contributed by atoms with E-state index in [1.165, 1.54) is 0 Å². The quantitative estimate of drug-likeness (QED) is 0.462. The van der Waals surface area contributed by atoms with Gasteiger partial charge < -0.3 is 15.4 Å². The van der Waals surface area contributed by atoms with Gasteiger partial charge in [0.05, 0.1) is 5.60 Å². The molecule has 0 bridgehead atoms. The second kappa shape index (κ2) is 6.66. The number of halogens is 2. The summed E-state index contributed by atoms with van der Waals surface area (Å²) in [6.45, 7) is 1.82. The molecule has 0 radical (unpaired) electrons. The van der Waals surface area contributed by atoms with Crippen LogP contribution in [-0.4, -0.2) is 35.6 Å². The van der Waals surface area contributed by atoms with Crippen molar-refractivity contribution >= 4 is 22.1 Å². The van der Waals surface area contributed by atoms with Crippen LogP contribution >= 0.6 is 0 Å². The van der Waals surface area contributed by atoms with Crippen LogP contribution in [0, 0.1) is 11.8 Å². The number of aliphatic hydroxyl groups is 1. The summed E-state index contributed by atoms with van der Waals surface area (Å²) >= 11 is 0. The summed E-state index contributed by atoms with van der Waals surface area (Å²) in [4.78, 5) is 22.6. The van der Waals surface area contributed by atoms with Gasteiger partial charge in [0.15, 0.2) is 0 Å². The highest BCUT2D eigenvalue weighted by molar-refractivity contribution is 5.91. The van der Waals surface area contributed by atoms with Crippen LogP contribution in [0.15, 0.2) is 47.7 Å². The first kappa shape index (κ1) is 21.0. The van der Waals surface area contributed by atoms with Gasteiger partial charge in [-0.1, -0.05) is 12.1 Å². The van der Waals surface area contributed by atoms with E-state index in [4.69, 9.17) is 10.7 Å². The molecule has 0 aliphatic heterocycles. The summed E-state index contributed by atoms with van der Waals surface area (Å²) in [7, 11) is 0. The largest absolute Gasteiger partial charge is 0.390 e. The van der Waals surface area contributed by atoms with E-state index >= 15 is 0 Å². The summed E-state index contributed by atoms with van der Waals surface area (Å²) in [5.41, 5.74) is 7.43. The van der Waals surface area contributed by atoms with E-state index < -0.39 is 23.4 Å². The molecule has 0 saturated heterocycles. The van der Waals surface area contributed by atoms with Gasteiger partial charge >= 0.3 is 0 Å². The predicted molar refractivity (Wildman–Crippen MR) is 127 cm³/mol. The Morgan fingerprint density at radius 3 is 2.60 bits per heavy atom. The van der Waals surface area contributed by atoms with Gasteiger partial charge in [-0.2, -0.15) is 0 Å². The molecule has 3 heterocycles. The van der Waals surface area contributed by atoms with Gasteiger partial charge in [0.25, 0.3) is 11.5 Å². The number of hydrogen-bond donors (Lipinski definition) is 2. The van der Waals surface area contributed by atoms with Crippen LogP contribution in [0.25, 0.3) is 27.5 Å². The minimum Gasteiger partial charge on any atom is -0.390 e. The average molecular weight is 478 g/mol. The molecular weight excluding hydrogens is 452 g/mol. The number of imidazole rings is 1. The van der Waals surface area contributed by atoms with Crippen LogP contribution in [0.5, 0.6) is 0 Å². The van der Waals surface area contributed by atoms with E-state index in [1.807, 2.05) is 41.8 Å². The zero-order valence-corrected chi connectivity index (χ0v) is 19.2. The topological polar surface area (TPSA) is 98.4 Å². The predicted octanol–water partition coefficient (Wildman–Crippen LogP) is 4.14. The second-order valence-corrected chi connectivity index (χ2v) is 10.8. The van der Waals surface area contributed by atoms with Crippen LogP contribution in [0.3, 0.4) is 0 Å². The first-order valence-corrected chi connectivity index (χ1v) is 12.0. The van der Waals surface area contributed by atoms with E-state index in [9.17, 15) is 18.7 Å². The molecule has 3 aliphatic rings. The molecule has 0 amide bonds. The van der Waals surface area contributed by atoms with Crippen LogP contribution in [-0.2, 0) is 0 Å². The maximum Gasteiger partial charge on any atom is 0.258 e. The van der Waals surface area contributed by atoms with E-state index in [2.05, 4.69) is 4.98 Å². The Morgan fingerprint density at radius 1 is 1.14 bits per heavy atom. The molecule has 1 aromatic carbocycles. The van der Waals surface area contributed by atoms with Crippen molar-refractivity contribution in [2.75, 3.05) is 5.73 Å². The van der Waals surface area contributed by atoms with Crippen molar-refractivity contribution in [3.8, 4) is 11.3 Å². The van der Waals surface area contributed by atoms with Crippen molar-refractivity contribution in [1.29, 1.82) is 0 Å². The van der Waals surface area contributed by atoms with E-state index in [0.29, 0.717) is 48.1 Å². The van der Waals surface area contributed by atoms with Gasteiger partial charge in [0.2, 0.25) is 0 Å². The Morgan fingerprint density at radius 2 is 1.89 bits per heavy atom. The molecule has 3 atom stereocenters. The standard InChI is InChI=1S/C26H25F2N5O2/c1-25(35)11-15(12-25)23-31-20(21-22(29)30-5-7-33(21)23)14-3-2-13-4-6-32(24(34)17(13)8-14)16-9-18-19(10-16)26(18,27)28/h2-8,15-16,18-19,35H,9-12H2,1H3,(H2,29,30)/t15?,16?,18-,19+,25?. The average Bonchev–Trinajstić information content (AvgIpc) is 3.20. The number of aromatic nitrogens is 4. The SMILES string of the molecule is CC1(O)CC(c2nc(-c3ccc4ccn(C5C[C@@H]6[C@H](C5)C6(F)F)c(=O)c4c3)c3c(N)nccn23)C1. The van der Waals surface area contributed by atoms with E-state index in [-0.39, 0.29) is 17.5 Å². The third-order valence-corrected chi connectivity index (χ3v) is 8.36. The number of nitrogen functional groups attached to an aromatic ring is 1. The van der Waals surface area contributed by atoms with Gasteiger partial charge in [-0.3, -0.25) is 9.20 Å². The fourth-order valence-electron chi connectivity index (χ4n) is 6.46. The lowest BCUT2D eigenvalue weighted by atomic mass is 9.72. The van der Waals surface area contributed by atoms with Gasteiger partial charge in [0.1, 0.15) is 22.9 Å². The molecule has 35 heavy (non-hydrogen) atoms. The third kappa shape index (κ3) is 2.94. The zero-order valence-electron chi connectivity index (χ0n) is 19.2. The Balaban J connectivity index is 1.33. The number of nitrogens with zero attached hydrogens (tertiary/aromatic N) is 4. The van der Waals surface area contributed by atoms with E-state index in [0.717, 1.165) is 16.8 Å². The van der Waals surface area contributed by atoms with Gasteiger partial charge in [-0.05, 0) is 50.1 Å². The first-order chi connectivity index (χ1) is 16.6. The summed E-state index contributed by atoms with van der Waals surface area (Å²) in [5.74, 6) is -2.51. The number of nitrogens with two attached hydrogens (primary N) is 1.